The van der Waals surface area contributed by atoms with Crippen molar-refractivity contribution in [3.63, 3.8) is 0 Å². The summed E-state index contributed by atoms with van der Waals surface area (Å²) in [5.74, 6) is -0.993. The summed E-state index contributed by atoms with van der Waals surface area (Å²) in [5, 5.41) is 19.1. The van der Waals surface area contributed by atoms with Gasteiger partial charge in [0.15, 0.2) is 6.73 Å². The van der Waals surface area contributed by atoms with Gasteiger partial charge in [-0.2, -0.15) is 10.2 Å². The van der Waals surface area contributed by atoms with E-state index in [4.69, 9.17) is 9.47 Å². The normalized spacial score (nSPS) is 11.8. The lowest BCUT2D eigenvalue weighted by Gasteiger charge is -2.23. The molecule has 1 unspecified atom stereocenters. The molecule has 2 rings (SSSR count). The number of nitro groups is 1. The van der Waals surface area contributed by atoms with Crippen LogP contribution in [-0.4, -0.2) is 37.2 Å². The number of carbonyl (C=O) groups excluding carboxylic acids is 2. The van der Waals surface area contributed by atoms with Gasteiger partial charge in [0.25, 0.3) is 5.69 Å². The average molecular weight is 471 g/mol. The second-order valence-electron chi connectivity index (χ2n) is 7.61. The van der Waals surface area contributed by atoms with Crippen molar-refractivity contribution in [3.05, 3.63) is 58.1 Å². The summed E-state index contributed by atoms with van der Waals surface area (Å²) in [5.41, 5.74) is 2.89. The van der Waals surface area contributed by atoms with Crippen molar-refractivity contribution in [2.45, 2.75) is 40.0 Å². The Balaban J connectivity index is 1.96. The Labute approximate surface area is 198 Å². The molecule has 0 aliphatic rings. The first kappa shape index (κ1) is 26.4. The highest BCUT2D eigenvalue weighted by molar-refractivity contribution is 5.74. The number of ether oxygens (including phenoxy) is 2. The lowest BCUT2D eigenvalue weighted by atomic mass is 10.0. The van der Waals surface area contributed by atoms with E-state index in [2.05, 4.69) is 10.2 Å². The highest BCUT2D eigenvalue weighted by Gasteiger charge is 2.19. The van der Waals surface area contributed by atoms with E-state index in [1.807, 2.05) is 43.9 Å². The predicted octanol–water partition coefficient (Wildman–Crippen LogP) is 5.63. The molecule has 10 nitrogen and oxygen atoms in total. The number of nitrogens with zero attached hydrogens (tertiary/aromatic N) is 4. The first-order chi connectivity index (χ1) is 16.3. The molecule has 0 saturated carbocycles. The Hall–Kier alpha value is -3.82. The summed E-state index contributed by atoms with van der Waals surface area (Å²) in [6.45, 7) is 6.44. The van der Waals surface area contributed by atoms with Crippen molar-refractivity contribution in [2.24, 2.45) is 16.1 Å². The zero-order valence-corrected chi connectivity index (χ0v) is 19.9. The maximum atomic E-state index is 12.2. The minimum Gasteiger partial charge on any atom is -0.469 e. The number of azo groups is 1. The van der Waals surface area contributed by atoms with E-state index in [0.717, 1.165) is 11.3 Å². The van der Waals surface area contributed by atoms with Crippen LogP contribution in [0.1, 0.15) is 38.7 Å². The fraction of sp³-hybridized carbons (Fsp3) is 0.417. The van der Waals surface area contributed by atoms with Crippen LogP contribution in [0, 0.1) is 23.0 Å². The topological polar surface area (TPSA) is 124 Å². The molecule has 0 amide bonds. The van der Waals surface area contributed by atoms with Crippen LogP contribution in [0.3, 0.4) is 0 Å². The van der Waals surface area contributed by atoms with Crippen LogP contribution in [0.15, 0.2) is 52.7 Å². The van der Waals surface area contributed by atoms with E-state index in [1.165, 1.54) is 31.4 Å². The van der Waals surface area contributed by atoms with Gasteiger partial charge in [0, 0.05) is 30.8 Å². The minimum atomic E-state index is -0.467. The van der Waals surface area contributed by atoms with Crippen molar-refractivity contribution in [2.75, 3.05) is 25.3 Å². The number of nitro benzene ring substituents is 1. The van der Waals surface area contributed by atoms with Crippen LogP contribution >= 0.6 is 0 Å². The van der Waals surface area contributed by atoms with Gasteiger partial charge in [0.2, 0.25) is 0 Å². The van der Waals surface area contributed by atoms with Crippen LogP contribution in [0.5, 0.6) is 0 Å². The van der Waals surface area contributed by atoms with E-state index in [9.17, 15) is 19.7 Å². The van der Waals surface area contributed by atoms with Gasteiger partial charge in [-0.3, -0.25) is 19.7 Å². The molecule has 0 saturated heterocycles. The third-order valence-corrected chi connectivity index (χ3v) is 5.37. The molecule has 2 aromatic carbocycles. The molecule has 0 spiro atoms. The molecule has 2 aromatic rings. The summed E-state index contributed by atoms with van der Waals surface area (Å²) in [6, 6.07) is 11.4. The monoisotopic (exact) mass is 470 g/mol. The summed E-state index contributed by atoms with van der Waals surface area (Å²) in [4.78, 5) is 36.0. The van der Waals surface area contributed by atoms with Crippen LogP contribution in [0.4, 0.5) is 22.7 Å². The van der Waals surface area contributed by atoms with Gasteiger partial charge < -0.3 is 14.4 Å². The standard InChI is InChI=1S/C24H30N4O6/c1-5-18(24(30)33-4)7-14-23(29)34-16-27(6-2)21-12-13-22(17(3)15-21)26-25-19-8-10-20(11-9-19)28(31)32/h8-13,15,18H,5-7,14,16H2,1-4H3. The fourth-order valence-electron chi connectivity index (χ4n) is 3.22. The Bertz CT molecular complexity index is 1020. The van der Waals surface area contributed by atoms with Crippen LogP contribution in [-0.2, 0) is 19.1 Å². The number of methoxy groups -OCH3 is 1. The number of non-ortho nitro benzene ring substituents is 1. The number of carbonyl (C=O) groups is 2. The molecule has 0 N–H and O–H groups in total. The number of benzene rings is 2. The maximum absolute atomic E-state index is 12.2. The first-order valence-corrected chi connectivity index (χ1v) is 11.0. The third-order valence-electron chi connectivity index (χ3n) is 5.37. The number of aryl methyl sites for hydroxylation is 1. The SMILES string of the molecule is CCC(CCC(=O)OCN(CC)c1ccc(N=Nc2ccc([N+](=O)[O-])cc2)c(C)c1)C(=O)OC. The molecular weight excluding hydrogens is 440 g/mol. The van der Waals surface area contributed by atoms with Crippen LogP contribution in [0.2, 0.25) is 0 Å². The van der Waals surface area contributed by atoms with E-state index >= 15 is 0 Å². The van der Waals surface area contributed by atoms with Crippen molar-refractivity contribution < 1.29 is 24.0 Å². The molecule has 0 aliphatic heterocycles. The highest BCUT2D eigenvalue weighted by Crippen LogP contribution is 2.27. The van der Waals surface area contributed by atoms with Crippen LogP contribution < -0.4 is 4.90 Å². The van der Waals surface area contributed by atoms with E-state index < -0.39 is 4.92 Å². The van der Waals surface area contributed by atoms with Gasteiger partial charge >= 0.3 is 11.9 Å². The van der Waals surface area contributed by atoms with E-state index in [-0.39, 0.29) is 36.7 Å². The Morgan fingerprint density at radius 3 is 2.38 bits per heavy atom. The second-order valence-corrected chi connectivity index (χ2v) is 7.61. The molecule has 0 heterocycles. The maximum Gasteiger partial charge on any atom is 0.308 e. The zero-order chi connectivity index (χ0) is 25.1. The Morgan fingerprint density at radius 2 is 1.82 bits per heavy atom. The highest BCUT2D eigenvalue weighted by atomic mass is 16.6. The third kappa shape index (κ3) is 7.65. The fourth-order valence-corrected chi connectivity index (χ4v) is 3.22. The first-order valence-electron chi connectivity index (χ1n) is 11.0. The van der Waals surface area contributed by atoms with Crippen molar-refractivity contribution in [1.29, 1.82) is 0 Å². The summed E-state index contributed by atoms with van der Waals surface area (Å²) >= 11 is 0. The molecule has 0 aliphatic carbocycles. The van der Waals surface area contributed by atoms with Crippen molar-refractivity contribution in [3.8, 4) is 0 Å². The Kier molecular flexibility index (Phi) is 10.1. The summed E-state index contributed by atoms with van der Waals surface area (Å²) in [7, 11) is 1.34. The zero-order valence-electron chi connectivity index (χ0n) is 19.9. The van der Waals surface area contributed by atoms with E-state index in [1.54, 1.807) is 0 Å². The summed E-state index contributed by atoms with van der Waals surface area (Å²) < 4.78 is 10.2. The molecule has 34 heavy (non-hydrogen) atoms. The lowest BCUT2D eigenvalue weighted by Crippen LogP contribution is -2.28. The smallest absolute Gasteiger partial charge is 0.308 e. The molecule has 0 aromatic heterocycles. The lowest BCUT2D eigenvalue weighted by molar-refractivity contribution is -0.384. The minimum absolute atomic E-state index is 0.00603. The van der Waals surface area contributed by atoms with Crippen molar-refractivity contribution in [1.82, 2.24) is 0 Å². The molecule has 1 atom stereocenters. The molecule has 10 heteroatoms. The van der Waals surface area contributed by atoms with Crippen LogP contribution in [0.25, 0.3) is 0 Å². The van der Waals surface area contributed by atoms with Gasteiger partial charge in [-0.1, -0.05) is 6.92 Å². The number of esters is 2. The average Bonchev–Trinajstić information content (AvgIpc) is 2.84. The van der Waals surface area contributed by atoms with Gasteiger partial charge in [-0.25, -0.2) is 0 Å². The number of anilines is 1. The molecule has 0 fully saturated rings. The van der Waals surface area contributed by atoms with Gasteiger partial charge in [-0.15, -0.1) is 0 Å². The molecule has 182 valence electrons. The van der Waals surface area contributed by atoms with Crippen molar-refractivity contribution >= 4 is 34.7 Å². The molecular formula is C24H30N4O6. The second kappa shape index (κ2) is 13.0. The van der Waals surface area contributed by atoms with Gasteiger partial charge in [0.1, 0.15) is 0 Å². The predicted molar refractivity (Wildman–Crippen MR) is 127 cm³/mol. The van der Waals surface area contributed by atoms with Gasteiger partial charge in [0.05, 0.1) is 29.3 Å². The Morgan fingerprint density at radius 1 is 1.12 bits per heavy atom. The number of hydrogen-bond donors (Lipinski definition) is 0. The molecule has 0 bridgehead atoms. The van der Waals surface area contributed by atoms with Gasteiger partial charge in [-0.05, 0) is 62.6 Å². The van der Waals surface area contributed by atoms with E-state index in [0.29, 0.717) is 30.8 Å². The quantitative estimate of drug-likeness (QED) is 0.129. The largest absolute Gasteiger partial charge is 0.469 e. The molecule has 0 radical (unpaired) electrons. The number of rotatable bonds is 12. The number of hydrogen-bond acceptors (Lipinski definition) is 9. The summed E-state index contributed by atoms with van der Waals surface area (Å²) in [6.07, 6.45) is 1.14.